The molecule has 2 aromatic rings. The molecule has 0 radical (unpaired) electrons. The van der Waals surface area contributed by atoms with Gasteiger partial charge in [0.05, 0.1) is 6.10 Å². The fourth-order valence-electron chi connectivity index (χ4n) is 3.48. The Morgan fingerprint density at radius 1 is 1.10 bits per heavy atom. The van der Waals surface area contributed by atoms with Gasteiger partial charge in [-0.05, 0) is 23.3 Å². The molecule has 2 aromatic carbocycles. The van der Waals surface area contributed by atoms with Crippen LogP contribution < -0.4 is 4.74 Å². The van der Waals surface area contributed by atoms with E-state index in [1.54, 1.807) is 6.07 Å². The molecule has 0 aromatic heterocycles. The van der Waals surface area contributed by atoms with E-state index in [1.165, 1.54) is 23.3 Å². The fraction of sp³-hybridized carbons (Fsp3) is 0.294. The number of hydrogen-bond acceptors (Lipinski definition) is 2. The van der Waals surface area contributed by atoms with Gasteiger partial charge in [-0.3, -0.25) is 0 Å². The van der Waals surface area contributed by atoms with E-state index in [4.69, 9.17) is 4.74 Å². The number of hydrogen-bond donors (Lipinski definition) is 1. The summed E-state index contributed by atoms with van der Waals surface area (Å²) in [4.78, 5) is 0. The van der Waals surface area contributed by atoms with Crippen LogP contribution in [0.3, 0.4) is 0 Å². The van der Waals surface area contributed by atoms with Gasteiger partial charge in [0.25, 0.3) is 0 Å². The zero-order valence-corrected chi connectivity index (χ0v) is 11.0. The van der Waals surface area contributed by atoms with Crippen molar-refractivity contribution >= 4 is 0 Å². The van der Waals surface area contributed by atoms with Crippen molar-refractivity contribution in [2.24, 2.45) is 0 Å². The summed E-state index contributed by atoms with van der Waals surface area (Å²) in [5.74, 6) is 0.153. The minimum absolute atomic E-state index is 0.330. The van der Waals surface area contributed by atoms with Crippen molar-refractivity contribution in [1.29, 1.82) is 0 Å². The van der Waals surface area contributed by atoms with Crippen molar-refractivity contribution in [3.63, 3.8) is 0 Å². The largest absolute Gasteiger partial charge is 0.486 e. The van der Waals surface area contributed by atoms with Crippen LogP contribution >= 0.6 is 0 Å². The first kappa shape index (κ1) is 11.9. The van der Waals surface area contributed by atoms with Gasteiger partial charge in [0.1, 0.15) is 17.2 Å². The number of aliphatic hydroxyl groups excluding tert-OH is 1. The second-order valence-corrected chi connectivity index (χ2v) is 5.81. The van der Waals surface area contributed by atoms with E-state index in [0.717, 1.165) is 12.8 Å². The van der Waals surface area contributed by atoms with Crippen molar-refractivity contribution in [2.75, 3.05) is 0 Å². The Hall–Kier alpha value is -1.87. The Morgan fingerprint density at radius 3 is 2.50 bits per heavy atom. The summed E-state index contributed by atoms with van der Waals surface area (Å²) in [6, 6.07) is 12.6. The van der Waals surface area contributed by atoms with Crippen molar-refractivity contribution in [1.82, 2.24) is 0 Å². The molecule has 0 amide bonds. The lowest BCUT2D eigenvalue weighted by Crippen LogP contribution is -2.42. The third-order valence-electron chi connectivity index (χ3n) is 4.37. The van der Waals surface area contributed by atoms with Gasteiger partial charge in [-0.15, -0.1) is 0 Å². The predicted octanol–water partition coefficient (Wildman–Crippen LogP) is 3.18. The molecule has 1 unspecified atom stereocenters. The quantitative estimate of drug-likeness (QED) is 0.796. The molecule has 102 valence electrons. The minimum Gasteiger partial charge on any atom is -0.486 e. The Labute approximate surface area is 116 Å². The van der Waals surface area contributed by atoms with Crippen LogP contribution in [0.15, 0.2) is 42.5 Å². The topological polar surface area (TPSA) is 29.5 Å². The summed E-state index contributed by atoms with van der Waals surface area (Å²) < 4.78 is 19.5. The van der Waals surface area contributed by atoms with Gasteiger partial charge in [-0.2, -0.15) is 0 Å². The number of rotatable bonds is 0. The lowest BCUT2D eigenvalue weighted by molar-refractivity contribution is -0.00732. The highest BCUT2D eigenvalue weighted by molar-refractivity contribution is 5.42. The molecule has 0 bridgehead atoms. The molecule has 1 aliphatic heterocycles. The summed E-state index contributed by atoms with van der Waals surface area (Å²) in [6.45, 7) is 0. The van der Waals surface area contributed by atoms with Crippen LogP contribution in [0.5, 0.6) is 5.75 Å². The molecule has 0 saturated heterocycles. The zero-order valence-electron chi connectivity index (χ0n) is 11.0. The van der Waals surface area contributed by atoms with Crippen LogP contribution in [0.1, 0.15) is 29.2 Å². The van der Waals surface area contributed by atoms with Crippen LogP contribution in [-0.2, 0) is 12.8 Å². The summed E-state index contributed by atoms with van der Waals surface area (Å²) in [7, 11) is 0. The fourth-order valence-corrected chi connectivity index (χ4v) is 3.48. The minimum atomic E-state index is -0.589. The summed E-state index contributed by atoms with van der Waals surface area (Å²) in [6.07, 6.45) is 1.51. The Bertz CT molecular complexity index is 655. The Morgan fingerprint density at radius 2 is 1.80 bits per heavy atom. The third kappa shape index (κ3) is 1.74. The van der Waals surface area contributed by atoms with Gasteiger partial charge >= 0.3 is 0 Å². The molecule has 1 N–H and O–H groups in total. The predicted molar refractivity (Wildman–Crippen MR) is 73.2 cm³/mol. The number of fused-ring (bicyclic) bond motifs is 2. The van der Waals surface area contributed by atoms with E-state index in [-0.39, 0.29) is 5.82 Å². The van der Waals surface area contributed by atoms with Gasteiger partial charge in [0.15, 0.2) is 0 Å². The van der Waals surface area contributed by atoms with Gasteiger partial charge in [-0.1, -0.05) is 24.3 Å². The molecule has 1 atom stereocenters. The van der Waals surface area contributed by atoms with Gasteiger partial charge in [0, 0.05) is 30.9 Å². The zero-order chi connectivity index (χ0) is 13.7. The van der Waals surface area contributed by atoms with Gasteiger partial charge < -0.3 is 9.84 Å². The SMILES string of the molecule is OC1CC2(Cc3ccccc3C2)Oc2cc(F)ccc21. The molecular formula is C17H15FO2. The maximum atomic E-state index is 13.4. The van der Waals surface area contributed by atoms with E-state index >= 15 is 0 Å². The molecule has 2 nitrogen and oxygen atoms in total. The third-order valence-corrected chi connectivity index (χ3v) is 4.37. The van der Waals surface area contributed by atoms with Gasteiger partial charge in [0.2, 0.25) is 0 Å². The molecule has 1 heterocycles. The summed E-state index contributed by atoms with van der Waals surface area (Å²) in [5.41, 5.74) is 2.79. The van der Waals surface area contributed by atoms with E-state index in [2.05, 4.69) is 12.1 Å². The maximum Gasteiger partial charge on any atom is 0.128 e. The molecule has 0 fully saturated rings. The van der Waals surface area contributed by atoms with E-state index in [9.17, 15) is 9.50 Å². The lowest BCUT2D eigenvalue weighted by Gasteiger charge is -2.38. The number of halogens is 1. The van der Waals surface area contributed by atoms with E-state index < -0.39 is 11.7 Å². The lowest BCUT2D eigenvalue weighted by atomic mass is 9.86. The van der Waals surface area contributed by atoms with Crippen molar-refractivity contribution in [2.45, 2.75) is 31.0 Å². The van der Waals surface area contributed by atoms with Crippen LogP contribution in [0.25, 0.3) is 0 Å². The molecule has 0 saturated carbocycles. The maximum absolute atomic E-state index is 13.4. The van der Waals surface area contributed by atoms with E-state index in [0.29, 0.717) is 17.7 Å². The summed E-state index contributed by atoms with van der Waals surface area (Å²) >= 11 is 0. The van der Waals surface area contributed by atoms with E-state index in [1.807, 2.05) is 12.1 Å². The number of aliphatic hydroxyl groups is 1. The Kier molecular flexibility index (Phi) is 2.42. The number of benzene rings is 2. The van der Waals surface area contributed by atoms with Crippen LogP contribution in [-0.4, -0.2) is 10.7 Å². The van der Waals surface area contributed by atoms with Crippen molar-refractivity contribution in [3.8, 4) is 5.75 Å². The standard InChI is InChI=1S/C17H15FO2/c18-13-5-6-14-15(19)10-17(20-16(14)7-13)8-11-3-1-2-4-12(11)9-17/h1-7,15,19H,8-10H2. The monoisotopic (exact) mass is 270 g/mol. The van der Waals surface area contributed by atoms with Crippen molar-refractivity contribution < 1.29 is 14.2 Å². The molecule has 4 rings (SSSR count). The van der Waals surface area contributed by atoms with Crippen LogP contribution in [0.2, 0.25) is 0 Å². The molecule has 1 spiro atoms. The second kappa shape index (κ2) is 4.06. The highest BCUT2D eigenvalue weighted by atomic mass is 19.1. The molecule has 2 aliphatic rings. The van der Waals surface area contributed by atoms with Gasteiger partial charge in [-0.25, -0.2) is 4.39 Å². The first-order valence-corrected chi connectivity index (χ1v) is 6.89. The average Bonchev–Trinajstić information content (AvgIpc) is 2.74. The first-order chi connectivity index (χ1) is 9.65. The molecule has 3 heteroatoms. The molecule has 20 heavy (non-hydrogen) atoms. The number of ether oxygens (including phenoxy) is 1. The summed E-state index contributed by atoms with van der Waals surface area (Å²) in [5, 5.41) is 10.4. The highest BCUT2D eigenvalue weighted by Crippen LogP contribution is 2.46. The normalized spacial score (nSPS) is 22.2. The molecular weight excluding hydrogens is 255 g/mol. The second-order valence-electron chi connectivity index (χ2n) is 5.81. The van der Waals surface area contributed by atoms with Crippen molar-refractivity contribution in [3.05, 3.63) is 65.0 Å². The first-order valence-electron chi connectivity index (χ1n) is 6.89. The average molecular weight is 270 g/mol. The highest BCUT2D eigenvalue weighted by Gasteiger charge is 2.44. The molecule has 1 aliphatic carbocycles. The van der Waals surface area contributed by atoms with Crippen LogP contribution in [0, 0.1) is 5.82 Å². The smallest absolute Gasteiger partial charge is 0.128 e. The Balaban J connectivity index is 1.74. The van der Waals surface area contributed by atoms with Crippen LogP contribution in [0.4, 0.5) is 4.39 Å².